The van der Waals surface area contributed by atoms with Gasteiger partial charge in [0.15, 0.2) is 0 Å². The van der Waals surface area contributed by atoms with Gasteiger partial charge in [0.25, 0.3) is 0 Å². The fourth-order valence-electron chi connectivity index (χ4n) is 0.291. The molecule has 14 heteroatoms. The first-order valence-electron chi connectivity index (χ1n) is 2.60. The quantitative estimate of drug-likeness (QED) is 0.232. The van der Waals surface area contributed by atoms with E-state index in [0.29, 0.717) is 0 Å². The summed E-state index contributed by atoms with van der Waals surface area (Å²) in [6.07, 6.45) is 0. The molecule has 86 valence electrons. The first kappa shape index (κ1) is 23.6. The van der Waals surface area contributed by atoms with Crippen molar-refractivity contribution < 1.29 is 47.3 Å². The van der Waals surface area contributed by atoms with Crippen LogP contribution in [0.3, 0.4) is 0 Å². The summed E-state index contributed by atoms with van der Waals surface area (Å²) >= 11 is 0. The molecule has 10 nitrogen and oxygen atoms in total. The van der Waals surface area contributed by atoms with Crippen molar-refractivity contribution in [3.63, 3.8) is 0 Å². The molecule has 0 radical (unpaired) electrons. The van der Waals surface area contributed by atoms with Crippen molar-refractivity contribution in [2.75, 3.05) is 0 Å². The van der Waals surface area contributed by atoms with E-state index in [1.165, 1.54) is 0 Å². The number of carbonyl (C=O) groups excluding carboxylic acids is 2. The van der Waals surface area contributed by atoms with Crippen molar-refractivity contribution in [2.24, 2.45) is 0 Å². The van der Waals surface area contributed by atoms with Crippen LogP contribution >= 0.6 is 15.6 Å². The van der Waals surface area contributed by atoms with Crippen LogP contribution in [-0.2, 0) is 27.8 Å². The van der Waals surface area contributed by atoms with Crippen molar-refractivity contribution in [1.82, 2.24) is 0 Å². The number of hydrogen-bond acceptors (Lipinski definition) is 6. The Bertz CT molecular complexity index is 305. The van der Waals surface area contributed by atoms with Gasteiger partial charge in [-0.3, -0.25) is 19.6 Å². The topological polar surface area (TPSA) is 168 Å². The van der Waals surface area contributed by atoms with E-state index in [1.807, 2.05) is 0 Å². The van der Waals surface area contributed by atoms with E-state index in [4.69, 9.17) is 19.6 Å². The molecule has 0 saturated carbocycles. The Hall–Kier alpha value is 2.51. The third kappa shape index (κ3) is 14.6. The van der Waals surface area contributed by atoms with Gasteiger partial charge in [0.2, 0.25) is 0 Å². The predicted octanol–water partition coefficient (Wildman–Crippen LogP) is -3.04. The molecule has 0 bridgehead atoms. The van der Waals surface area contributed by atoms with Gasteiger partial charge in [-0.15, -0.1) is 0 Å². The van der Waals surface area contributed by atoms with E-state index >= 15 is 0 Å². The Morgan fingerprint density at radius 1 is 0.750 bits per heavy atom. The normalized spacial score (nSPS) is 10.5. The van der Waals surface area contributed by atoms with Crippen LogP contribution in [0.15, 0.2) is 0 Å². The average molecular weight is 330 g/mol. The second-order valence-electron chi connectivity index (χ2n) is 1.74. The molecule has 0 fully saturated rings. The van der Waals surface area contributed by atoms with Gasteiger partial charge in [0.1, 0.15) is 0 Å². The van der Waals surface area contributed by atoms with Gasteiger partial charge in [-0.05, 0) is 0 Å². The number of carbonyl (C=O) groups is 2. The summed E-state index contributed by atoms with van der Waals surface area (Å²) in [4.78, 5) is 52.6. The fourth-order valence-corrected chi connectivity index (χ4v) is 0.872. The third-order valence-corrected chi connectivity index (χ3v) is 1.38. The van der Waals surface area contributed by atoms with Crippen molar-refractivity contribution in [1.29, 1.82) is 0 Å². The van der Waals surface area contributed by atoms with Crippen LogP contribution in [-0.4, -0.2) is 134 Å². The molecule has 0 aliphatic carbocycles. The maximum absolute atomic E-state index is 10.3. The first-order chi connectivity index (χ1) is 6.01. The van der Waals surface area contributed by atoms with Crippen LogP contribution in [0.4, 0.5) is 0 Å². The molecule has 0 rings (SSSR count). The number of rotatable bonds is 2. The van der Waals surface area contributed by atoms with Gasteiger partial charge in [-0.2, -0.15) is 0 Å². The molecule has 0 aliphatic rings. The SMILES string of the molecule is O=C(OP(=O)(O)O)C(=O)OP(=O)(O)O.[KH].[KH]. The second kappa shape index (κ2) is 9.42. The molecule has 0 saturated heterocycles. The van der Waals surface area contributed by atoms with Crippen LogP contribution in [0.25, 0.3) is 0 Å². The standard InChI is InChI=1S/C2H4O10P2.2K.2H/c3-1(11-13(5,6)7)2(4)12-14(8,9)10;;;;/h(H2,5,6,7)(H2,8,9,10);;;;. The Balaban J connectivity index is -0.000000845. The van der Waals surface area contributed by atoms with Crippen LogP contribution in [0.2, 0.25) is 0 Å². The molecular formula is C2H6K2O10P2. The molecule has 0 heterocycles. The summed E-state index contributed by atoms with van der Waals surface area (Å²) in [5.74, 6) is -4.41. The van der Waals surface area contributed by atoms with E-state index in [1.54, 1.807) is 0 Å². The van der Waals surface area contributed by atoms with Gasteiger partial charge in [-0.25, -0.2) is 18.7 Å². The summed E-state index contributed by atoms with van der Waals surface area (Å²) in [5.41, 5.74) is 0. The van der Waals surface area contributed by atoms with Crippen LogP contribution in [0.1, 0.15) is 0 Å². The average Bonchev–Trinajstić information content (AvgIpc) is 1.78. The molecule has 0 atom stereocenters. The van der Waals surface area contributed by atoms with Crippen LogP contribution in [0, 0.1) is 0 Å². The molecule has 0 amide bonds. The minimum absolute atomic E-state index is 0. The molecule has 0 spiro atoms. The summed E-state index contributed by atoms with van der Waals surface area (Å²) in [6, 6.07) is 0. The Morgan fingerprint density at radius 2 is 0.938 bits per heavy atom. The van der Waals surface area contributed by atoms with Gasteiger partial charge < -0.3 is 9.05 Å². The molecule has 4 N–H and O–H groups in total. The van der Waals surface area contributed by atoms with Gasteiger partial charge >= 0.3 is 130 Å². The molecule has 0 aromatic carbocycles. The zero-order valence-electron chi connectivity index (χ0n) is 6.13. The number of hydrogen-bond donors (Lipinski definition) is 4. The molecule has 16 heavy (non-hydrogen) atoms. The molecular weight excluding hydrogens is 324 g/mol. The second-order valence-corrected chi connectivity index (χ2v) is 4.07. The maximum atomic E-state index is 10.3. The first-order valence-corrected chi connectivity index (χ1v) is 5.66. The summed E-state index contributed by atoms with van der Waals surface area (Å²) < 4.78 is 26.2. The minimum atomic E-state index is -5.24. The van der Waals surface area contributed by atoms with Crippen molar-refractivity contribution in [3.8, 4) is 0 Å². The molecule has 0 aromatic rings. The zero-order valence-corrected chi connectivity index (χ0v) is 7.92. The molecule has 0 aromatic heterocycles. The Labute approximate surface area is 174 Å². The number of phosphoric ester groups is 2. The number of phosphoric acid groups is 2. The van der Waals surface area contributed by atoms with E-state index in [2.05, 4.69) is 9.05 Å². The van der Waals surface area contributed by atoms with Gasteiger partial charge in [0, 0.05) is 0 Å². The van der Waals surface area contributed by atoms with Crippen molar-refractivity contribution in [2.45, 2.75) is 0 Å². The molecule has 0 aliphatic heterocycles. The van der Waals surface area contributed by atoms with Crippen LogP contribution < -0.4 is 0 Å². The Morgan fingerprint density at radius 3 is 1.06 bits per heavy atom. The van der Waals surface area contributed by atoms with E-state index < -0.39 is 27.6 Å². The summed E-state index contributed by atoms with van der Waals surface area (Å²) in [5, 5.41) is 0. The van der Waals surface area contributed by atoms with Crippen LogP contribution in [0.5, 0.6) is 0 Å². The van der Waals surface area contributed by atoms with Crippen molar-refractivity contribution in [3.05, 3.63) is 0 Å². The van der Waals surface area contributed by atoms with Gasteiger partial charge in [-0.1, -0.05) is 0 Å². The monoisotopic (exact) mass is 330 g/mol. The zero-order chi connectivity index (χ0) is 11.6. The summed E-state index contributed by atoms with van der Waals surface area (Å²) in [6.45, 7) is 0. The third-order valence-electron chi connectivity index (χ3n) is 0.570. The van der Waals surface area contributed by atoms with E-state index in [9.17, 15) is 18.7 Å². The fraction of sp³-hybridized carbons (Fsp3) is 0. The predicted molar refractivity (Wildman–Crippen MR) is 50.6 cm³/mol. The van der Waals surface area contributed by atoms with Gasteiger partial charge in [0.05, 0.1) is 0 Å². The van der Waals surface area contributed by atoms with E-state index in [-0.39, 0.29) is 103 Å². The van der Waals surface area contributed by atoms with E-state index in [0.717, 1.165) is 0 Å². The Kier molecular flexibility index (Phi) is 13.9. The molecule has 0 unspecified atom stereocenters. The summed E-state index contributed by atoms with van der Waals surface area (Å²) in [7, 11) is -10.5. The van der Waals surface area contributed by atoms with Crippen molar-refractivity contribution >= 4 is 130 Å².